The number of nitrogens with zero attached hydrogens (tertiary/aromatic N) is 3. The number of carbonyl (C=O) groups excluding carboxylic acids is 1. The Kier molecular flexibility index (Phi) is 6.03. The average molecular weight is 455 g/mol. The van der Waals surface area contributed by atoms with Crippen LogP contribution in [-0.2, 0) is 21.9 Å². The van der Waals surface area contributed by atoms with Gasteiger partial charge >= 0.3 is 0 Å². The smallest absolute Gasteiger partial charge is 0.295 e. The van der Waals surface area contributed by atoms with Gasteiger partial charge in [-0.3, -0.25) is 14.3 Å². The SMILES string of the molecule is Cc1c(NC(=O)[C@H]2CCCN(S(=O)(=O)c3ccccc3)C2)c(=O)n(-c2ccccc2)n1C. The van der Waals surface area contributed by atoms with Crippen LogP contribution in [0.3, 0.4) is 0 Å². The van der Waals surface area contributed by atoms with Crippen molar-refractivity contribution < 1.29 is 13.2 Å². The number of amides is 1. The molecule has 2 aromatic carbocycles. The topological polar surface area (TPSA) is 93.4 Å². The van der Waals surface area contributed by atoms with Crippen LogP contribution in [0, 0.1) is 12.8 Å². The number of aromatic nitrogens is 2. The second-order valence-corrected chi connectivity index (χ2v) is 9.88. The van der Waals surface area contributed by atoms with Gasteiger partial charge in [0.05, 0.1) is 22.2 Å². The fourth-order valence-electron chi connectivity index (χ4n) is 4.05. The second-order valence-electron chi connectivity index (χ2n) is 7.94. The molecule has 8 nitrogen and oxygen atoms in total. The Bertz CT molecular complexity index is 1280. The molecule has 1 atom stereocenters. The summed E-state index contributed by atoms with van der Waals surface area (Å²) in [5.41, 5.74) is 1.21. The summed E-state index contributed by atoms with van der Waals surface area (Å²) in [6.45, 7) is 2.22. The van der Waals surface area contributed by atoms with Gasteiger partial charge in [-0.1, -0.05) is 36.4 Å². The molecule has 9 heteroatoms. The van der Waals surface area contributed by atoms with E-state index in [0.29, 0.717) is 30.8 Å². The summed E-state index contributed by atoms with van der Waals surface area (Å²) < 4.78 is 30.5. The molecule has 3 aromatic rings. The quantitative estimate of drug-likeness (QED) is 0.641. The summed E-state index contributed by atoms with van der Waals surface area (Å²) in [6.07, 6.45) is 1.14. The normalized spacial score (nSPS) is 17.2. The van der Waals surface area contributed by atoms with Crippen LogP contribution in [-0.4, -0.2) is 41.1 Å². The molecule has 0 aliphatic carbocycles. The Morgan fingerprint density at radius 1 is 1.03 bits per heavy atom. The molecule has 2 heterocycles. The van der Waals surface area contributed by atoms with Crippen LogP contribution in [0.1, 0.15) is 18.5 Å². The van der Waals surface area contributed by atoms with Crippen LogP contribution in [0.25, 0.3) is 5.69 Å². The van der Waals surface area contributed by atoms with E-state index >= 15 is 0 Å². The van der Waals surface area contributed by atoms with Crippen LogP contribution in [0.15, 0.2) is 70.4 Å². The van der Waals surface area contributed by atoms with Crippen molar-refractivity contribution in [2.24, 2.45) is 13.0 Å². The number of hydrogen-bond acceptors (Lipinski definition) is 4. The maximum atomic E-state index is 13.1. The van der Waals surface area contributed by atoms with E-state index in [1.807, 2.05) is 30.3 Å². The molecule has 0 radical (unpaired) electrons. The highest BCUT2D eigenvalue weighted by Crippen LogP contribution is 2.25. The van der Waals surface area contributed by atoms with Gasteiger partial charge in [-0.15, -0.1) is 0 Å². The van der Waals surface area contributed by atoms with E-state index in [-0.39, 0.29) is 28.6 Å². The van der Waals surface area contributed by atoms with E-state index < -0.39 is 15.9 Å². The van der Waals surface area contributed by atoms with Gasteiger partial charge in [0, 0.05) is 20.1 Å². The molecule has 0 spiro atoms. The van der Waals surface area contributed by atoms with Gasteiger partial charge in [-0.05, 0) is 44.0 Å². The predicted octanol–water partition coefficient (Wildman–Crippen LogP) is 2.52. The Morgan fingerprint density at radius 2 is 1.66 bits per heavy atom. The third-order valence-corrected chi connectivity index (χ3v) is 7.82. The molecule has 0 saturated carbocycles. The summed E-state index contributed by atoms with van der Waals surface area (Å²) in [5.74, 6) is -0.879. The van der Waals surface area contributed by atoms with Crippen molar-refractivity contribution in [3.63, 3.8) is 0 Å². The van der Waals surface area contributed by atoms with Gasteiger partial charge in [0.1, 0.15) is 5.69 Å². The number of sulfonamides is 1. The highest BCUT2D eigenvalue weighted by Gasteiger charge is 2.34. The standard InChI is InChI=1S/C23H26N4O4S/c1-17-21(23(29)27(25(17)2)19-11-5-3-6-12-19)24-22(28)18-10-9-15-26(16-18)32(30,31)20-13-7-4-8-14-20/h3-8,11-14,18H,9-10,15-16H2,1-2H3,(H,24,28)/t18-/m0/s1. The minimum absolute atomic E-state index is 0.0851. The van der Waals surface area contributed by atoms with Crippen molar-refractivity contribution in [3.05, 3.63) is 76.7 Å². The first-order chi connectivity index (χ1) is 15.3. The molecule has 32 heavy (non-hydrogen) atoms. The molecule has 1 aliphatic heterocycles. The van der Waals surface area contributed by atoms with Crippen molar-refractivity contribution in [2.45, 2.75) is 24.7 Å². The fraction of sp³-hybridized carbons (Fsp3) is 0.304. The number of para-hydroxylation sites is 1. The molecule has 4 rings (SSSR count). The van der Waals surface area contributed by atoms with Gasteiger partial charge in [-0.25, -0.2) is 13.1 Å². The number of rotatable bonds is 5. The molecule has 168 valence electrons. The number of hydrogen-bond donors (Lipinski definition) is 1. The van der Waals surface area contributed by atoms with Crippen molar-refractivity contribution >= 4 is 21.6 Å². The van der Waals surface area contributed by atoms with Gasteiger partial charge in [-0.2, -0.15) is 4.31 Å². The van der Waals surface area contributed by atoms with E-state index in [0.717, 1.165) is 0 Å². The number of benzene rings is 2. The van der Waals surface area contributed by atoms with Crippen LogP contribution in [0.4, 0.5) is 5.69 Å². The van der Waals surface area contributed by atoms with Gasteiger partial charge in [0.25, 0.3) is 5.56 Å². The van der Waals surface area contributed by atoms with E-state index in [2.05, 4.69) is 5.32 Å². The van der Waals surface area contributed by atoms with Crippen LogP contribution in [0.2, 0.25) is 0 Å². The average Bonchev–Trinajstić information content (AvgIpc) is 3.03. The fourth-order valence-corrected chi connectivity index (χ4v) is 5.60. The van der Waals surface area contributed by atoms with Crippen molar-refractivity contribution in [2.75, 3.05) is 18.4 Å². The highest BCUT2D eigenvalue weighted by atomic mass is 32.2. The predicted molar refractivity (Wildman–Crippen MR) is 122 cm³/mol. The highest BCUT2D eigenvalue weighted by molar-refractivity contribution is 7.89. The lowest BCUT2D eigenvalue weighted by atomic mass is 9.99. The minimum atomic E-state index is -3.67. The number of nitrogens with one attached hydrogen (secondary N) is 1. The van der Waals surface area contributed by atoms with E-state index in [1.165, 1.54) is 8.99 Å². The van der Waals surface area contributed by atoms with Gasteiger partial charge in [0.2, 0.25) is 15.9 Å². The minimum Gasteiger partial charge on any atom is -0.320 e. The Morgan fingerprint density at radius 3 is 2.31 bits per heavy atom. The summed E-state index contributed by atoms with van der Waals surface area (Å²) in [7, 11) is -1.91. The second kappa shape index (κ2) is 8.76. The molecular formula is C23H26N4O4S. The molecule has 1 N–H and O–H groups in total. The Balaban J connectivity index is 1.56. The van der Waals surface area contributed by atoms with E-state index in [9.17, 15) is 18.0 Å². The van der Waals surface area contributed by atoms with E-state index in [4.69, 9.17) is 0 Å². The zero-order chi connectivity index (χ0) is 22.9. The number of carbonyl (C=O) groups is 1. The largest absolute Gasteiger partial charge is 0.320 e. The molecule has 0 bridgehead atoms. The van der Waals surface area contributed by atoms with Crippen LogP contribution >= 0.6 is 0 Å². The molecule has 1 saturated heterocycles. The summed E-state index contributed by atoms with van der Waals surface area (Å²) in [5, 5.41) is 2.78. The lowest BCUT2D eigenvalue weighted by Crippen LogP contribution is -2.44. The third kappa shape index (κ3) is 4.01. The maximum Gasteiger partial charge on any atom is 0.295 e. The van der Waals surface area contributed by atoms with Crippen molar-refractivity contribution in [1.82, 2.24) is 13.7 Å². The molecule has 1 fully saturated rings. The van der Waals surface area contributed by atoms with Crippen LogP contribution < -0.4 is 10.9 Å². The first-order valence-corrected chi connectivity index (χ1v) is 11.9. The molecule has 1 aromatic heterocycles. The van der Waals surface area contributed by atoms with Crippen LogP contribution in [0.5, 0.6) is 0 Å². The first kappa shape index (κ1) is 22.0. The summed E-state index contributed by atoms with van der Waals surface area (Å²) in [4.78, 5) is 26.3. The van der Waals surface area contributed by atoms with Gasteiger partial charge < -0.3 is 5.32 Å². The summed E-state index contributed by atoms with van der Waals surface area (Å²) in [6, 6.07) is 17.4. The third-order valence-electron chi connectivity index (χ3n) is 5.94. The van der Waals surface area contributed by atoms with Crippen molar-refractivity contribution in [3.8, 4) is 5.69 Å². The summed E-state index contributed by atoms with van der Waals surface area (Å²) >= 11 is 0. The number of piperidine rings is 1. The Labute approximate surface area is 187 Å². The first-order valence-electron chi connectivity index (χ1n) is 10.5. The molecule has 1 aliphatic rings. The zero-order valence-corrected chi connectivity index (χ0v) is 18.9. The molecular weight excluding hydrogens is 428 g/mol. The van der Waals surface area contributed by atoms with E-state index in [1.54, 1.807) is 49.0 Å². The molecule has 0 unspecified atom stereocenters. The lowest BCUT2D eigenvalue weighted by Gasteiger charge is -2.31. The number of anilines is 1. The lowest BCUT2D eigenvalue weighted by molar-refractivity contribution is -0.120. The van der Waals surface area contributed by atoms with Gasteiger partial charge in [0.15, 0.2) is 0 Å². The monoisotopic (exact) mass is 454 g/mol. The zero-order valence-electron chi connectivity index (χ0n) is 18.1. The maximum absolute atomic E-state index is 13.1. The van der Waals surface area contributed by atoms with Crippen molar-refractivity contribution in [1.29, 1.82) is 0 Å². The molecule has 1 amide bonds. The Hall–Kier alpha value is -3.17.